The van der Waals surface area contributed by atoms with Gasteiger partial charge >= 0.3 is 0 Å². The predicted octanol–water partition coefficient (Wildman–Crippen LogP) is 5.33. The van der Waals surface area contributed by atoms with Gasteiger partial charge in [-0.1, -0.05) is 59.3 Å². The topological polar surface area (TPSA) is 47.5 Å². The molecule has 0 radical (unpaired) electrons. The number of allylic oxidation sites excluding steroid dienone is 1. The molecule has 7 heteroatoms. The van der Waals surface area contributed by atoms with Crippen LogP contribution in [-0.2, 0) is 6.42 Å². The highest BCUT2D eigenvalue weighted by Gasteiger charge is 2.32. The molecule has 1 aliphatic heterocycles. The van der Waals surface area contributed by atoms with E-state index in [1.165, 1.54) is 22.5 Å². The van der Waals surface area contributed by atoms with Crippen LogP contribution >= 0.6 is 38.9 Å². The molecule has 1 atom stereocenters. The number of aryl methyl sites for hydroxylation is 1. The predicted molar refractivity (Wildman–Crippen MR) is 131 cm³/mol. The van der Waals surface area contributed by atoms with E-state index in [0.29, 0.717) is 24.8 Å². The lowest BCUT2D eigenvalue weighted by Gasteiger charge is -2.30. The van der Waals surface area contributed by atoms with Crippen LogP contribution in [0.1, 0.15) is 34.9 Å². The van der Waals surface area contributed by atoms with Gasteiger partial charge < -0.3 is 4.42 Å². The van der Waals surface area contributed by atoms with Crippen molar-refractivity contribution in [1.29, 1.82) is 0 Å². The third kappa shape index (κ3) is 3.25. The number of hydrogen-bond acceptors (Lipinski definition) is 4. The minimum Gasteiger partial charge on any atom is -0.450 e. The maximum absolute atomic E-state index is 13.6. The highest BCUT2D eigenvalue weighted by Crippen LogP contribution is 2.41. The fourth-order valence-corrected chi connectivity index (χ4v) is 5.93. The summed E-state index contributed by atoms with van der Waals surface area (Å²) in [6.45, 7) is 0. The smallest absolute Gasteiger partial charge is 0.271 e. The molecule has 0 amide bonds. The summed E-state index contributed by atoms with van der Waals surface area (Å²) in [4.78, 5) is 19.3. The Morgan fingerprint density at radius 1 is 1.09 bits per heavy atom. The Morgan fingerprint density at radius 3 is 2.69 bits per heavy atom. The van der Waals surface area contributed by atoms with Crippen molar-refractivity contribution in [1.82, 2.24) is 4.57 Å². The minimum atomic E-state index is -0.211. The largest absolute Gasteiger partial charge is 0.450 e. The Kier molecular flexibility index (Phi) is 4.82. The molecule has 2 aliphatic rings. The first-order valence-corrected chi connectivity index (χ1v) is 12.2. The molecule has 6 rings (SSSR count). The van der Waals surface area contributed by atoms with Crippen molar-refractivity contribution in [2.45, 2.75) is 18.9 Å². The lowest BCUT2D eigenvalue weighted by molar-refractivity contribution is 0.531. The molecule has 4 nitrogen and oxygen atoms in total. The molecule has 1 aliphatic carbocycles. The molecule has 0 fully saturated rings. The van der Waals surface area contributed by atoms with Crippen LogP contribution in [0.15, 0.2) is 85.1 Å². The molecule has 0 unspecified atom stereocenters. The minimum absolute atomic E-state index is 0.0633. The van der Waals surface area contributed by atoms with E-state index in [1.807, 2.05) is 47.0 Å². The van der Waals surface area contributed by atoms with E-state index in [2.05, 4.69) is 34.1 Å². The summed E-state index contributed by atoms with van der Waals surface area (Å²) in [5.74, 6) is 0.624. The van der Waals surface area contributed by atoms with Gasteiger partial charge in [-0.05, 0) is 69.7 Å². The van der Waals surface area contributed by atoms with Gasteiger partial charge in [-0.3, -0.25) is 9.36 Å². The molecule has 4 aromatic rings. The summed E-state index contributed by atoms with van der Waals surface area (Å²) in [5.41, 5.74) is 5.58. The first-order chi connectivity index (χ1) is 15.6. The summed E-state index contributed by atoms with van der Waals surface area (Å²) in [6.07, 6.45) is 3.57. The van der Waals surface area contributed by atoms with Gasteiger partial charge in [0.05, 0.1) is 16.3 Å². The molecule has 3 heterocycles. The van der Waals surface area contributed by atoms with Crippen LogP contribution < -0.4 is 14.9 Å². The number of benzene rings is 2. The second-order valence-corrected chi connectivity index (χ2v) is 10.0. The Morgan fingerprint density at radius 2 is 1.91 bits per heavy atom. The fraction of sp³-hybridized carbons (Fsp3) is 0.120. The highest BCUT2D eigenvalue weighted by molar-refractivity contribution is 9.10. The maximum Gasteiger partial charge on any atom is 0.271 e. The normalized spacial score (nSPS) is 17.6. The van der Waals surface area contributed by atoms with Gasteiger partial charge in [0.25, 0.3) is 5.56 Å². The van der Waals surface area contributed by atoms with Gasteiger partial charge in [0.1, 0.15) is 5.76 Å². The van der Waals surface area contributed by atoms with Crippen LogP contribution in [0.4, 0.5) is 0 Å². The molecule has 2 aromatic heterocycles. The number of halogens is 2. The zero-order chi connectivity index (χ0) is 21.8. The molecule has 0 saturated carbocycles. The SMILES string of the molecule is O=c1/c(=C\c2ccc(Br)o2)sc2n1[C@@H](c1ccc(Cl)cc1)C1=C(N=2)c2ccccc2CC1. The fourth-order valence-electron chi connectivity index (χ4n) is 4.50. The first-order valence-electron chi connectivity index (χ1n) is 10.2. The quantitative estimate of drug-likeness (QED) is 0.357. The monoisotopic (exact) mass is 522 g/mol. The average Bonchev–Trinajstić information content (AvgIpc) is 3.35. The zero-order valence-corrected chi connectivity index (χ0v) is 19.9. The van der Waals surface area contributed by atoms with Crippen LogP contribution in [0, 0.1) is 0 Å². The molecular formula is C25H16BrClN2O2S. The standard InChI is InChI=1S/C25H16BrClN2O2S/c26-21-12-10-17(31-21)13-20-24(30)29-23(15-5-8-16(27)9-6-15)19-11-7-14-3-1-2-4-18(14)22(19)28-25(29)32-20/h1-6,8-10,12-13,23H,7,11H2/b20-13+/t23-/m0/s1. The average molecular weight is 524 g/mol. The molecule has 32 heavy (non-hydrogen) atoms. The van der Waals surface area contributed by atoms with Gasteiger partial charge in [-0.25, -0.2) is 4.99 Å². The number of thiazole rings is 1. The number of aromatic nitrogens is 1. The molecular weight excluding hydrogens is 508 g/mol. The van der Waals surface area contributed by atoms with Crippen molar-refractivity contribution in [3.8, 4) is 0 Å². The van der Waals surface area contributed by atoms with E-state index in [0.717, 1.165) is 29.7 Å². The summed E-state index contributed by atoms with van der Waals surface area (Å²) in [6, 6.07) is 19.6. The van der Waals surface area contributed by atoms with Gasteiger partial charge in [0, 0.05) is 16.7 Å². The van der Waals surface area contributed by atoms with E-state index < -0.39 is 0 Å². The van der Waals surface area contributed by atoms with Gasteiger partial charge in [-0.15, -0.1) is 0 Å². The molecule has 0 N–H and O–H groups in total. The highest BCUT2D eigenvalue weighted by atomic mass is 79.9. The van der Waals surface area contributed by atoms with Crippen LogP contribution in [-0.4, -0.2) is 4.57 Å². The summed E-state index contributed by atoms with van der Waals surface area (Å²) >= 11 is 10.9. The van der Waals surface area contributed by atoms with Crippen LogP contribution in [0.3, 0.4) is 0 Å². The Hall–Kier alpha value is -2.67. The molecule has 158 valence electrons. The number of nitrogens with zero attached hydrogens (tertiary/aromatic N) is 2. The van der Waals surface area contributed by atoms with Gasteiger partial charge in [0.2, 0.25) is 0 Å². The molecule has 0 bridgehead atoms. The van der Waals surface area contributed by atoms with E-state index in [4.69, 9.17) is 21.0 Å². The summed E-state index contributed by atoms with van der Waals surface area (Å²) in [5, 5.41) is 0.674. The Balaban J connectivity index is 1.64. The lowest BCUT2D eigenvalue weighted by Crippen LogP contribution is -2.38. The summed E-state index contributed by atoms with van der Waals surface area (Å²) < 4.78 is 8.65. The van der Waals surface area contributed by atoms with Crippen LogP contribution in [0.5, 0.6) is 0 Å². The summed E-state index contributed by atoms with van der Waals surface area (Å²) in [7, 11) is 0. The van der Waals surface area contributed by atoms with Crippen LogP contribution in [0.25, 0.3) is 11.8 Å². The van der Waals surface area contributed by atoms with Gasteiger partial charge in [-0.2, -0.15) is 0 Å². The number of furan rings is 1. The lowest BCUT2D eigenvalue weighted by atomic mass is 9.83. The first kappa shape index (κ1) is 20.0. The zero-order valence-electron chi connectivity index (χ0n) is 16.7. The van der Waals surface area contributed by atoms with Gasteiger partial charge in [0.15, 0.2) is 9.47 Å². The van der Waals surface area contributed by atoms with Crippen molar-refractivity contribution in [2.75, 3.05) is 0 Å². The van der Waals surface area contributed by atoms with E-state index in [9.17, 15) is 4.79 Å². The molecule has 0 saturated heterocycles. The van der Waals surface area contributed by atoms with Crippen molar-refractivity contribution in [2.24, 2.45) is 4.99 Å². The maximum atomic E-state index is 13.6. The van der Waals surface area contributed by atoms with Crippen molar-refractivity contribution in [3.63, 3.8) is 0 Å². The van der Waals surface area contributed by atoms with E-state index >= 15 is 0 Å². The molecule has 0 spiro atoms. The number of rotatable bonds is 2. The van der Waals surface area contributed by atoms with Crippen LogP contribution in [0.2, 0.25) is 5.02 Å². The Labute approximate surface area is 200 Å². The second-order valence-electron chi connectivity index (χ2n) is 7.81. The Bertz CT molecular complexity index is 1580. The van der Waals surface area contributed by atoms with Crippen molar-refractivity contribution in [3.05, 3.63) is 118 Å². The van der Waals surface area contributed by atoms with Crippen molar-refractivity contribution >= 4 is 50.6 Å². The number of hydrogen-bond donors (Lipinski definition) is 0. The number of fused-ring (bicyclic) bond motifs is 3. The third-order valence-corrected chi connectivity index (χ3v) is 7.59. The second kappa shape index (κ2) is 7.73. The third-order valence-electron chi connectivity index (χ3n) is 5.93. The van der Waals surface area contributed by atoms with Crippen molar-refractivity contribution < 1.29 is 4.42 Å². The van der Waals surface area contributed by atoms with E-state index in [-0.39, 0.29) is 11.6 Å². The van der Waals surface area contributed by atoms with E-state index in [1.54, 1.807) is 6.08 Å². The molecule has 2 aromatic carbocycles.